The van der Waals surface area contributed by atoms with Crippen LogP contribution in [0.2, 0.25) is 0 Å². The highest BCUT2D eigenvalue weighted by Crippen LogP contribution is 2.74. The van der Waals surface area contributed by atoms with E-state index >= 15 is 0 Å². The van der Waals surface area contributed by atoms with Gasteiger partial charge in [0.2, 0.25) is 0 Å². The van der Waals surface area contributed by atoms with Gasteiger partial charge in [-0.15, -0.1) is 11.6 Å². The van der Waals surface area contributed by atoms with Gasteiger partial charge in [0.1, 0.15) is 5.60 Å². The molecule has 0 amide bonds. The second-order valence-corrected chi connectivity index (χ2v) is 10.3. The molecule has 2 saturated carbocycles. The number of hydrogen-bond acceptors (Lipinski definition) is 2. The van der Waals surface area contributed by atoms with Gasteiger partial charge < -0.3 is 9.47 Å². The molecule has 20 heavy (non-hydrogen) atoms. The van der Waals surface area contributed by atoms with Crippen LogP contribution in [0.1, 0.15) is 47.0 Å². The van der Waals surface area contributed by atoms with Crippen molar-refractivity contribution in [3.8, 4) is 0 Å². The molecule has 7 atom stereocenters. The Kier molecular flexibility index (Phi) is 2.70. The van der Waals surface area contributed by atoms with Crippen LogP contribution >= 0.6 is 27.5 Å². The summed E-state index contributed by atoms with van der Waals surface area (Å²) in [6, 6.07) is 0. The first-order chi connectivity index (χ1) is 9.15. The number of hydrogen-bond donors (Lipinski definition) is 0. The van der Waals surface area contributed by atoms with Crippen LogP contribution in [0.3, 0.4) is 0 Å². The molecule has 2 aliphatic carbocycles. The van der Waals surface area contributed by atoms with Crippen molar-refractivity contribution in [1.82, 2.24) is 0 Å². The Morgan fingerprint density at radius 3 is 2.50 bits per heavy atom. The highest BCUT2D eigenvalue weighted by atomic mass is 79.9. The quantitative estimate of drug-likeness (QED) is 0.477. The fourth-order valence-electron chi connectivity index (χ4n) is 5.69. The van der Waals surface area contributed by atoms with Gasteiger partial charge in [-0.2, -0.15) is 0 Å². The van der Waals surface area contributed by atoms with Crippen LogP contribution in [0.4, 0.5) is 0 Å². The second-order valence-electron chi connectivity index (χ2n) is 8.32. The average Bonchev–Trinajstić information content (AvgIpc) is 2.96. The zero-order valence-electron chi connectivity index (χ0n) is 12.7. The van der Waals surface area contributed by atoms with Crippen molar-refractivity contribution in [2.24, 2.45) is 16.7 Å². The van der Waals surface area contributed by atoms with Crippen molar-refractivity contribution in [2.75, 3.05) is 6.61 Å². The van der Waals surface area contributed by atoms with E-state index in [2.05, 4.69) is 43.6 Å². The fourth-order valence-corrected chi connectivity index (χ4v) is 6.60. The Hall–Kier alpha value is 0.690. The van der Waals surface area contributed by atoms with E-state index in [9.17, 15) is 0 Å². The van der Waals surface area contributed by atoms with Crippen LogP contribution in [0, 0.1) is 16.7 Å². The summed E-state index contributed by atoms with van der Waals surface area (Å²) in [7, 11) is 0. The average molecular weight is 364 g/mol. The molecule has 4 fully saturated rings. The van der Waals surface area contributed by atoms with Crippen LogP contribution < -0.4 is 0 Å². The maximum Gasteiger partial charge on any atom is 0.101 e. The third-order valence-electron chi connectivity index (χ3n) is 7.29. The number of halogens is 2. The highest BCUT2D eigenvalue weighted by molar-refractivity contribution is 9.09. The molecule has 2 bridgehead atoms. The van der Waals surface area contributed by atoms with E-state index in [0.29, 0.717) is 16.8 Å². The zero-order chi connectivity index (χ0) is 14.6. The number of fused-ring (bicyclic) bond motifs is 2. The van der Waals surface area contributed by atoms with E-state index in [4.69, 9.17) is 21.1 Å². The summed E-state index contributed by atoms with van der Waals surface area (Å²) in [5, 5.41) is 0. The topological polar surface area (TPSA) is 21.8 Å². The number of rotatable bonds is 0. The molecule has 2 nitrogen and oxygen atoms in total. The maximum absolute atomic E-state index is 6.75. The van der Waals surface area contributed by atoms with Crippen molar-refractivity contribution < 1.29 is 9.47 Å². The third-order valence-corrected chi connectivity index (χ3v) is 9.30. The molecule has 7 unspecified atom stereocenters. The van der Waals surface area contributed by atoms with Crippen LogP contribution in [-0.2, 0) is 9.47 Å². The fraction of sp³-hybridized carbons (Fsp3) is 1.00. The van der Waals surface area contributed by atoms with E-state index in [1.807, 2.05) is 0 Å². The second kappa shape index (κ2) is 3.77. The van der Waals surface area contributed by atoms with Crippen molar-refractivity contribution in [1.29, 1.82) is 0 Å². The molecule has 2 saturated heterocycles. The van der Waals surface area contributed by atoms with Gasteiger partial charge in [-0.05, 0) is 44.4 Å². The number of ether oxygens (including phenoxy) is 2. The van der Waals surface area contributed by atoms with E-state index in [1.165, 1.54) is 0 Å². The molecule has 0 aromatic carbocycles. The van der Waals surface area contributed by atoms with Crippen molar-refractivity contribution in [3.05, 3.63) is 0 Å². The van der Waals surface area contributed by atoms with Gasteiger partial charge in [-0.1, -0.05) is 29.8 Å². The normalized spacial score (nSPS) is 63.3. The molecule has 0 aromatic rings. The van der Waals surface area contributed by atoms with Crippen LogP contribution in [-0.4, -0.2) is 34.1 Å². The Morgan fingerprint density at radius 2 is 1.80 bits per heavy atom. The maximum atomic E-state index is 6.75. The lowest BCUT2D eigenvalue weighted by atomic mass is 9.42. The van der Waals surface area contributed by atoms with Crippen molar-refractivity contribution in [2.45, 2.75) is 74.5 Å². The summed E-state index contributed by atoms with van der Waals surface area (Å²) in [5.74, 6) is 0.610. The minimum absolute atomic E-state index is 0.0164. The molecular weight excluding hydrogens is 340 g/mol. The van der Waals surface area contributed by atoms with Crippen molar-refractivity contribution in [3.63, 3.8) is 0 Å². The van der Waals surface area contributed by atoms with Crippen LogP contribution in [0.25, 0.3) is 0 Å². The van der Waals surface area contributed by atoms with E-state index in [1.54, 1.807) is 0 Å². The number of alkyl halides is 2. The van der Waals surface area contributed by atoms with Gasteiger partial charge in [0, 0.05) is 10.2 Å². The van der Waals surface area contributed by atoms with Gasteiger partial charge in [0.15, 0.2) is 0 Å². The molecule has 4 heteroatoms. The Morgan fingerprint density at radius 1 is 1.10 bits per heavy atom. The van der Waals surface area contributed by atoms with Crippen LogP contribution in [0.5, 0.6) is 0 Å². The van der Waals surface area contributed by atoms with E-state index in [0.717, 1.165) is 25.9 Å². The third kappa shape index (κ3) is 1.40. The molecule has 4 rings (SSSR count). The Bertz CT molecular complexity index is 465. The van der Waals surface area contributed by atoms with Gasteiger partial charge in [-0.25, -0.2) is 0 Å². The molecule has 2 heterocycles. The molecule has 4 aliphatic rings. The molecule has 0 aromatic heterocycles. The lowest BCUT2D eigenvalue weighted by Gasteiger charge is -2.66. The monoisotopic (exact) mass is 362 g/mol. The molecule has 114 valence electrons. The molecule has 0 N–H and O–H groups in total. The van der Waals surface area contributed by atoms with E-state index < -0.39 is 0 Å². The number of epoxide rings is 1. The summed E-state index contributed by atoms with van der Waals surface area (Å²) in [6.45, 7) is 10.2. The largest absolute Gasteiger partial charge is 0.377 e. The predicted molar refractivity (Wildman–Crippen MR) is 83.5 cm³/mol. The molecule has 1 spiro atoms. The zero-order valence-corrected chi connectivity index (χ0v) is 15.1. The lowest BCUT2D eigenvalue weighted by molar-refractivity contribution is -0.242. The summed E-state index contributed by atoms with van der Waals surface area (Å²) in [6.07, 6.45) is 3.77. The van der Waals surface area contributed by atoms with Gasteiger partial charge >= 0.3 is 0 Å². The van der Waals surface area contributed by atoms with E-state index in [-0.39, 0.29) is 27.4 Å². The SMILES string of the molecule is CC1(Cl)CC2OCC3CC4OC4(C)C2(CC1Br)C3(C)C. The minimum Gasteiger partial charge on any atom is -0.377 e. The lowest BCUT2D eigenvalue weighted by Crippen LogP contribution is -2.70. The first kappa shape index (κ1) is 14.3. The first-order valence-corrected chi connectivity index (χ1v) is 9.07. The minimum atomic E-state index is -0.225. The predicted octanol–water partition coefficient (Wildman–Crippen LogP) is 4.13. The first-order valence-electron chi connectivity index (χ1n) is 7.77. The molecular formula is C16H24BrClO2. The van der Waals surface area contributed by atoms with Gasteiger partial charge in [-0.3, -0.25) is 0 Å². The van der Waals surface area contributed by atoms with Gasteiger partial charge in [0.05, 0.1) is 23.7 Å². The van der Waals surface area contributed by atoms with Crippen LogP contribution in [0.15, 0.2) is 0 Å². The molecule has 0 radical (unpaired) electrons. The Labute approximate surface area is 135 Å². The summed E-state index contributed by atoms with van der Waals surface area (Å²) < 4.78 is 12.6. The van der Waals surface area contributed by atoms with Crippen molar-refractivity contribution >= 4 is 27.5 Å². The van der Waals surface area contributed by atoms with Gasteiger partial charge in [0.25, 0.3) is 0 Å². The summed E-state index contributed by atoms with van der Waals surface area (Å²) in [4.78, 5) is 0.0890. The Balaban J connectivity index is 1.85. The molecule has 2 aliphatic heterocycles. The highest BCUT2D eigenvalue weighted by Gasteiger charge is 2.80. The summed E-state index contributed by atoms with van der Waals surface area (Å²) >= 11 is 10.6. The standard InChI is InChI=1S/C16H24BrClO2/c1-13(2)9-5-11-15(4,20-11)16(13)6-10(17)14(3,18)7-12(16)19-8-9/h9-12H,5-8H2,1-4H3. The smallest absolute Gasteiger partial charge is 0.101 e. The summed E-state index contributed by atoms with van der Waals surface area (Å²) in [5.41, 5.74) is 0.322.